The van der Waals surface area contributed by atoms with E-state index in [0.29, 0.717) is 5.82 Å². The van der Waals surface area contributed by atoms with Crippen molar-refractivity contribution in [1.29, 1.82) is 0 Å². The number of aromatic nitrogens is 3. The van der Waals surface area contributed by atoms with Crippen molar-refractivity contribution in [3.05, 3.63) is 40.8 Å². The minimum atomic E-state index is -4.56. The lowest BCUT2D eigenvalue weighted by molar-refractivity contribution is -0.141. The normalized spacial score (nSPS) is 12.3. The van der Waals surface area contributed by atoms with Gasteiger partial charge in [0.25, 0.3) is 11.8 Å². The van der Waals surface area contributed by atoms with Crippen LogP contribution >= 0.6 is 0 Å². The number of hydrogen-bond acceptors (Lipinski definition) is 5. The van der Waals surface area contributed by atoms with Crippen LogP contribution in [-0.2, 0) is 11.7 Å². The third-order valence-corrected chi connectivity index (χ3v) is 3.11. The molecule has 1 amide bonds. The van der Waals surface area contributed by atoms with Crippen LogP contribution in [0.3, 0.4) is 0 Å². The highest BCUT2D eigenvalue weighted by Crippen LogP contribution is 2.28. The van der Waals surface area contributed by atoms with Crippen molar-refractivity contribution < 1.29 is 22.5 Å². The standard InChI is InChI=1S/C14H15F3N4O2/c1-7-9(5-6-10(18-7)14(15,16)17)11(22)20-13(3,4)12-19-8(2)21-23-12/h5-6H,1-4H3,(H,20,22). The molecule has 2 aromatic heterocycles. The van der Waals surface area contributed by atoms with Crippen molar-refractivity contribution in [3.8, 4) is 0 Å². The second kappa shape index (κ2) is 5.64. The van der Waals surface area contributed by atoms with E-state index in [1.54, 1.807) is 20.8 Å². The molecule has 0 spiro atoms. The van der Waals surface area contributed by atoms with Gasteiger partial charge in [-0.2, -0.15) is 18.2 Å². The average molecular weight is 328 g/mol. The molecule has 0 unspecified atom stereocenters. The molecule has 0 saturated heterocycles. The fourth-order valence-electron chi connectivity index (χ4n) is 1.91. The van der Waals surface area contributed by atoms with Crippen LogP contribution in [0.15, 0.2) is 16.7 Å². The summed E-state index contributed by atoms with van der Waals surface area (Å²) in [6.45, 7) is 6.26. The SMILES string of the molecule is Cc1noc(C(C)(C)NC(=O)c2ccc(C(F)(F)F)nc2C)n1. The second-order valence-corrected chi connectivity index (χ2v) is 5.55. The maximum atomic E-state index is 12.6. The van der Waals surface area contributed by atoms with Crippen LogP contribution in [0, 0.1) is 13.8 Å². The Bertz CT molecular complexity index is 738. The molecule has 2 rings (SSSR count). The maximum Gasteiger partial charge on any atom is 0.433 e. The first-order valence-corrected chi connectivity index (χ1v) is 6.69. The Morgan fingerprint density at radius 2 is 1.83 bits per heavy atom. The highest BCUT2D eigenvalue weighted by molar-refractivity contribution is 5.95. The molecule has 6 nitrogen and oxygen atoms in total. The molecule has 23 heavy (non-hydrogen) atoms. The lowest BCUT2D eigenvalue weighted by atomic mass is 10.0. The lowest BCUT2D eigenvalue weighted by Crippen LogP contribution is -2.41. The summed E-state index contributed by atoms with van der Waals surface area (Å²) < 4.78 is 42.8. The summed E-state index contributed by atoms with van der Waals surface area (Å²) >= 11 is 0. The van der Waals surface area contributed by atoms with E-state index in [4.69, 9.17) is 4.52 Å². The van der Waals surface area contributed by atoms with Gasteiger partial charge in [-0.15, -0.1) is 0 Å². The Morgan fingerprint density at radius 3 is 2.30 bits per heavy atom. The van der Waals surface area contributed by atoms with Crippen molar-refractivity contribution >= 4 is 5.91 Å². The highest BCUT2D eigenvalue weighted by Gasteiger charge is 2.34. The lowest BCUT2D eigenvalue weighted by Gasteiger charge is -2.22. The topological polar surface area (TPSA) is 80.9 Å². The summed E-state index contributed by atoms with van der Waals surface area (Å²) in [7, 11) is 0. The molecule has 0 aliphatic rings. The predicted molar refractivity (Wildman–Crippen MR) is 73.5 cm³/mol. The number of alkyl halides is 3. The van der Waals surface area contributed by atoms with Crippen LogP contribution in [0.5, 0.6) is 0 Å². The van der Waals surface area contributed by atoms with E-state index >= 15 is 0 Å². The predicted octanol–water partition coefficient (Wildman–Crippen LogP) is 2.77. The number of rotatable bonds is 3. The molecule has 0 fully saturated rings. The molecule has 1 N–H and O–H groups in total. The van der Waals surface area contributed by atoms with Gasteiger partial charge in [0.1, 0.15) is 11.2 Å². The van der Waals surface area contributed by atoms with Crippen LogP contribution in [0.25, 0.3) is 0 Å². The van der Waals surface area contributed by atoms with Crippen molar-refractivity contribution in [1.82, 2.24) is 20.4 Å². The van der Waals surface area contributed by atoms with Crippen LogP contribution in [0.2, 0.25) is 0 Å². The zero-order valence-electron chi connectivity index (χ0n) is 12.9. The number of pyridine rings is 1. The third-order valence-electron chi connectivity index (χ3n) is 3.11. The molecule has 0 radical (unpaired) electrons. The molecule has 124 valence electrons. The number of amides is 1. The number of aryl methyl sites for hydroxylation is 2. The number of halogens is 3. The van der Waals surface area contributed by atoms with E-state index in [1.165, 1.54) is 6.92 Å². The first-order valence-electron chi connectivity index (χ1n) is 6.69. The molecule has 2 aromatic rings. The van der Waals surface area contributed by atoms with Crippen molar-refractivity contribution in [2.24, 2.45) is 0 Å². The first kappa shape index (κ1) is 16.9. The van der Waals surface area contributed by atoms with E-state index in [2.05, 4.69) is 20.4 Å². The van der Waals surface area contributed by atoms with Crippen LogP contribution in [0.1, 0.15) is 47.3 Å². The minimum absolute atomic E-state index is 0.0187. The van der Waals surface area contributed by atoms with Gasteiger partial charge in [-0.05, 0) is 39.8 Å². The molecule has 2 heterocycles. The minimum Gasteiger partial charge on any atom is -0.338 e. The van der Waals surface area contributed by atoms with Gasteiger partial charge < -0.3 is 9.84 Å². The number of nitrogens with one attached hydrogen (secondary N) is 1. The quantitative estimate of drug-likeness (QED) is 0.937. The number of carbonyl (C=O) groups is 1. The van der Waals surface area contributed by atoms with E-state index in [-0.39, 0.29) is 17.1 Å². The van der Waals surface area contributed by atoms with Gasteiger partial charge in [0, 0.05) is 0 Å². The van der Waals surface area contributed by atoms with Crippen molar-refractivity contribution in [2.45, 2.75) is 39.4 Å². The van der Waals surface area contributed by atoms with Gasteiger partial charge in [-0.25, -0.2) is 4.98 Å². The summed E-state index contributed by atoms with van der Waals surface area (Å²) in [4.78, 5) is 19.8. The largest absolute Gasteiger partial charge is 0.433 e. The Morgan fingerprint density at radius 1 is 1.17 bits per heavy atom. The highest BCUT2D eigenvalue weighted by atomic mass is 19.4. The maximum absolute atomic E-state index is 12.6. The molecule has 0 bridgehead atoms. The van der Waals surface area contributed by atoms with Gasteiger partial charge in [0.05, 0.1) is 11.3 Å². The number of nitrogens with zero attached hydrogens (tertiary/aromatic N) is 3. The van der Waals surface area contributed by atoms with Gasteiger partial charge >= 0.3 is 6.18 Å². The van der Waals surface area contributed by atoms with Crippen LogP contribution in [-0.4, -0.2) is 21.0 Å². The van der Waals surface area contributed by atoms with Gasteiger partial charge in [0.2, 0.25) is 0 Å². The van der Waals surface area contributed by atoms with Gasteiger partial charge in [-0.3, -0.25) is 4.79 Å². The third kappa shape index (κ3) is 3.66. The summed E-state index contributed by atoms with van der Waals surface area (Å²) in [6, 6.07) is 1.86. The summed E-state index contributed by atoms with van der Waals surface area (Å²) in [5, 5.41) is 6.29. The summed E-state index contributed by atoms with van der Waals surface area (Å²) in [5.74, 6) is 0.0279. The average Bonchev–Trinajstić information content (AvgIpc) is 2.84. The van der Waals surface area contributed by atoms with Crippen LogP contribution < -0.4 is 5.32 Å². The Labute approximate surface area is 130 Å². The Kier molecular flexibility index (Phi) is 4.14. The molecule has 9 heteroatoms. The molecule has 0 saturated carbocycles. The van der Waals surface area contributed by atoms with Gasteiger partial charge in [0.15, 0.2) is 5.82 Å². The molecular formula is C14H15F3N4O2. The fraction of sp³-hybridized carbons (Fsp3) is 0.429. The van der Waals surface area contributed by atoms with E-state index in [0.717, 1.165) is 12.1 Å². The van der Waals surface area contributed by atoms with E-state index < -0.39 is 23.3 Å². The molecule has 0 atom stereocenters. The van der Waals surface area contributed by atoms with Crippen molar-refractivity contribution in [2.75, 3.05) is 0 Å². The van der Waals surface area contributed by atoms with Crippen LogP contribution in [0.4, 0.5) is 13.2 Å². The monoisotopic (exact) mass is 328 g/mol. The van der Waals surface area contributed by atoms with Crippen molar-refractivity contribution in [3.63, 3.8) is 0 Å². The number of hydrogen-bond donors (Lipinski definition) is 1. The van der Waals surface area contributed by atoms with Gasteiger partial charge in [-0.1, -0.05) is 5.16 Å². The second-order valence-electron chi connectivity index (χ2n) is 5.55. The van der Waals surface area contributed by atoms with E-state index in [9.17, 15) is 18.0 Å². The fourth-order valence-corrected chi connectivity index (χ4v) is 1.91. The zero-order chi connectivity index (χ0) is 17.4. The summed E-state index contributed by atoms with van der Waals surface area (Å²) in [5.41, 5.74) is -2.00. The Hall–Kier alpha value is -2.45. The molecule has 0 aliphatic carbocycles. The molecule has 0 aromatic carbocycles. The molecular weight excluding hydrogens is 313 g/mol. The molecule has 0 aliphatic heterocycles. The zero-order valence-corrected chi connectivity index (χ0v) is 12.9. The first-order chi connectivity index (χ1) is 10.5. The Balaban J connectivity index is 2.24. The smallest absolute Gasteiger partial charge is 0.338 e. The summed E-state index contributed by atoms with van der Waals surface area (Å²) in [6.07, 6.45) is -4.56. The van der Waals surface area contributed by atoms with E-state index in [1.807, 2.05) is 0 Å². The number of carbonyl (C=O) groups excluding carboxylic acids is 1.